The van der Waals surface area contributed by atoms with E-state index in [2.05, 4.69) is 4.98 Å². The van der Waals surface area contributed by atoms with Crippen LogP contribution in [0.25, 0.3) is 5.65 Å². The highest BCUT2D eigenvalue weighted by Gasteiger charge is 2.17. The highest BCUT2D eigenvalue weighted by Crippen LogP contribution is 2.33. The van der Waals surface area contributed by atoms with Crippen LogP contribution in [0.2, 0.25) is 5.02 Å². The minimum absolute atomic E-state index is 0.0214. The molecule has 1 aromatic carbocycles. The van der Waals surface area contributed by atoms with E-state index in [4.69, 9.17) is 21.6 Å². The molecule has 8 heteroatoms. The zero-order valence-electron chi connectivity index (χ0n) is 15.9. The number of hydrogen-bond donors (Lipinski definition) is 1. The molecule has 7 nitrogen and oxygen atoms in total. The summed E-state index contributed by atoms with van der Waals surface area (Å²) in [5.74, 6) is 0.117. The Bertz CT molecular complexity index is 1210. The maximum atomic E-state index is 12.3. The van der Waals surface area contributed by atoms with E-state index in [1.165, 1.54) is 35.9 Å². The molecule has 29 heavy (non-hydrogen) atoms. The Morgan fingerprint density at radius 1 is 1.41 bits per heavy atom. The van der Waals surface area contributed by atoms with Gasteiger partial charge in [0, 0.05) is 23.4 Å². The molecule has 0 spiro atoms. The summed E-state index contributed by atoms with van der Waals surface area (Å²) in [7, 11) is 0. The van der Waals surface area contributed by atoms with Gasteiger partial charge in [-0.05, 0) is 25.5 Å². The number of ketones is 1. The molecule has 1 N–H and O–H groups in total. The number of ether oxygens (including phenoxy) is 1. The van der Waals surface area contributed by atoms with Crippen LogP contribution in [-0.2, 0) is 13.0 Å². The maximum Gasteiger partial charge on any atom is 0.275 e. The van der Waals surface area contributed by atoms with Crippen LogP contribution in [0, 0.1) is 11.3 Å². The van der Waals surface area contributed by atoms with Gasteiger partial charge in [0.15, 0.2) is 5.78 Å². The Morgan fingerprint density at radius 3 is 2.83 bits per heavy atom. The van der Waals surface area contributed by atoms with Crippen LogP contribution in [0.4, 0.5) is 0 Å². The second-order valence-electron chi connectivity index (χ2n) is 6.50. The molecule has 0 saturated carbocycles. The zero-order chi connectivity index (χ0) is 21.1. The number of Topliss-reactive ketones (excluding diaryl/α,β-unsaturated/α-hetero) is 1. The summed E-state index contributed by atoms with van der Waals surface area (Å²) in [6.45, 7) is 3.37. The summed E-state index contributed by atoms with van der Waals surface area (Å²) in [5, 5.41) is 19.8. The number of aromatic hydroxyl groups is 1. The van der Waals surface area contributed by atoms with Gasteiger partial charge >= 0.3 is 0 Å². The molecule has 0 aliphatic rings. The van der Waals surface area contributed by atoms with Gasteiger partial charge in [0.25, 0.3) is 5.56 Å². The van der Waals surface area contributed by atoms with Gasteiger partial charge in [0.1, 0.15) is 35.4 Å². The van der Waals surface area contributed by atoms with Crippen LogP contribution < -0.4 is 10.3 Å². The van der Waals surface area contributed by atoms with E-state index in [-0.39, 0.29) is 29.3 Å². The van der Waals surface area contributed by atoms with Crippen molar-refractivity contribution in [2.24, 2.45) is 0 Å². The van der Waals surface area contributed by atoms with Gasteiger partial charge in [0.2, 0.25) is 0 Å². The first-order valence-electron chi connectivity index (χ1n) is 8.95. The second-order valence-corrected chi connectivity index (χ2v) is 6.90. The first kappa shape index (κ1) is 20.4. The molecule has 0 fully saturated rings. The quantitative estimate of drug-likeness (QED) is 0.620. The van der Waals surface area contributed by atoms with Crippen LogP contribution >= 0.6 is 11.6 Å². The molecule has 148 valence electrons. The molecule has 0 saturated heterocycles. The third kappa shape index (κ3) is 3.93. The molecule has 0 aliphatic heterocycles. The number of rotatable bonds is 6. The van der Waals surface area contributed by atoms with Crippen molar-refractivity contribution in [1.82, 2.24) is 9.38 Å². The lowest BCUT2D eigenvalue weighted by Gasteiger charge is -2.15. The smallest absolute Gasteiger partial charge is 0.275 e. The van der Waals surface area contributed by atoms with E-state index in [9.17, 15) is 14.7 Å². The molecule has 0 amide bonds. The summed E-state index contributed by atoms with van der Waals surface area (Å²) < 4.78 is 7.10. The lowest BCUT2D eigenvalue weighted by Crippen LogP contribution is -2.18. The Labute approximate surface area is 171 Å². The van der Waals surface area contributed by atoms with Crippen molar-refractivity contribution in [2.75, 3.05) is 0 Å². The highest BCUT2D eigenvalue weighted by molar-refractivity contribution is 6.31. The van der Waals surface area contributed by atoms with Crippen LogP contribution in [0.3, 0.4) is 0 Å². The highest BCUT2D eigenvalue weighted by atomic mass is 35.5. The van der Waals surface area contributed by atoms with Crippen LogP contribution in [0.1, 0.15) is 47.3 Å². The number of carbonyl (C=O) groups excluding carboxylic acids is 1. The maximum absolute atomic E-state index is 12.3. The predicted octanol–water partition coefficient (Wildman–Crippen LogP) is 3.66. The van der Waals surface area contributed by atoms with Crippen molar-refractivity contribution in [3.05, 3.63) is 68.2 Å². The number of phenolic OH excluding ortho intramolecular Hbond substituents is 1. The van der Waals surface area contributed by atoms with Crippen molar-refractivity contribution < 1.29 is 14.6 Å². The zero-order valence-corrected chi connectivity index (χ0v) is 16.7. The summed E-state index contributed by atoms with van der Waals surface area (Å²) >= 11 is 6.30. The lowest BCUT2D eigenvalue weighted by molar-refractivity contribution is 0.101. The van der Waals surface area contributed by atoms with Crippen molar-refractivity contribution in [1.29, 1.82) is 5.26 Å². The summed E-state index contributed by atoms with van der Waals surface area (Å²) in [6.07, 6.45) is 3.97. The fourth-order valence-electron chi connectivity index (χ4n) is 3.00. The van der Waals surface area contributed by atoms with Gasteiger partial charge < -0.3 is 9.84 Å². The van der Waals surface area contributed by atoms with Crippen molar-refractivity contribution >= 4 is 23.0 Å². The Morgan fingerprint density at radius 2 is 2.17 bits per heavy atom. The molecule has 0 radical (unpaired) electrons. The molecule has 0 aliphatic carbocycles. The fourth-order valence-corrected chi connectivity index (χ4v) is 3.21. The first-order valence-corrected chi connectivity index (χ1v) is 9.33. The normalized spacial score (nSPS) is 10.7. The number of fused-ring (bicyclic) bond motifs is 1. The molecule has 0 atom stereocenters. The molecular formula is C21H18ClN3O4. The third-order valence-corrected chi connectivity index (χ3v) is 4.84. The number of pyridine rings is 1. The second kappa shape index (κ2) is 8.33. The Kier molecular flexibility index (Phi) is 5.85. The minimum Gasteiger partial charge on any atom is -0.507 e. The molecular weight excluding hydrogens is 394 g/mol. The van der Waals surface area contributed by atoms with Gasteiger partial charge in [0.05, 0.1) is 16.8 Å². The fraction of sp³-hybridized carbons (Fsp3) is 0.238. The Balaban J connectivity index is 1.98. The summed E-state index contributed by atoms with van der Waals surface area (Å²) in [6, 6.07) is 6.48. The number of benzene rings is 1. The van der Waals surface area contributed by atoms with Gasteiger partial charge in [-0.1, -0.05) is 24.9 Å². The standard InChI is InChI=1S/C21H18ClN3O4/c1-3-4-16-18(6-5-15(12(2)26)20(16)27)29-11-14-10-25-19(7-17(14)22)24-9-13(8-23)21(25)28/h5-7,9-10,27H,3-4,11H2,1-2H3. The molecule has 0 bridgehead atoms. The number of nitrogens with zero attached hydrogens (tertiary/aromatic N) is 3. The SMILES string of the molecule is CCCc1c(OCc2cn3c(=O)c(C#N)cnc3cc2Cl)ccc(C(C)=O)c1O. The average molecular weight is 412 g/mol. The number of hydrogen-bond acceptors (Lipinski definition) is 6. The van der Waals surface area contributed by atoms with E-state index < -0.39 is 5.56 Å². The number of phenols is 1. The molecule has 2 heterocycles. The van der Waals surface area contributed by atoms with Crippen molar-refractivity contribution in [3.8, 4) is 17.6 Å². The van der Waals surface area contributed by atoms with E-state index in [1.807, 2.05) is 6.92 Å². The lowest BCUT2D eigenvalue weighted by atomic mass is 10.0. The monoisotopic (exact) mass is 411 g/mol. The van der Waals surface area contributed by atoms with E-state index in [0.717, 1.165) is 6.42 Å². The van der Waals surface area contributed by atoms with Gasteiger partial charge in [-0.2, -0.15) is 5.26 Å². The minimum atomic E-state index is -0.495. The third-order valence-electron chi connectivity index (χ3n) is 4.49. The summed E-state index contributed by atoms with van der Waals surface area (Å²) in [4.78, 5) is 28.1. The molecule has 3 aromatic rings. The largest absolute Gasteiger partial charge is 0.507 e. The van der Waals surface area contributed by atoms with Crippen LogP contribution in [0.5, 0.6) is 11.5 Å². The van der Waals surface area contributed by atoms with Crippen LogP contribution in [0.15, 0.2) is 35.4 Å². The number of carbonyl (C=O) groups is 1. The van der Waals surface area contributed by atoms with Crippen LogP contribution in [-0.4, -0.2) is 20.3 Å². The summed E-state index contributed by atoms with van der Waals surface area (Å²) in [5.41, 5.74) is 1.04. The van der Waals surface area contributed by atoms with Crippen molar-refractivity contribution in [2.45, 2.75) is 33.3 Å². The predicted molar refractivity (Wildman–Crippen MR) is 108 cm³/mol. The molecule has 3 rings (SSSR count). The van der Waals surface area contributed by atoms with Gasteiger partial charge in [-0.3, -0.25) is 14.0 Å². The number of aromatic nitrogens is 2. The molecule has 0 unspecified atom stereocenters. The first-order chi connectivity index (χ1) is 13.9. The molecule has 2 aromatic heterocycles. The number of halogens is 1. The Hall–Kier alpha value is -3.37. The van der Waals surface area contributed by atoms with Gasteiger partial charge in [-0.15, -0.1) is 0 Å². The van der Waals surface area contributed by atoms with Crippen molar-refractivity contribution in [3.63, 3.8) is 0 Å². The topological polar surface area (TPSA) is 105 Å². The van der Waals surface area contributed by atoms with E-state index in [1.54, 1.807) is 12.1 Å². The van der Waals surface area contributed by atoms with E-state index in [0.29, 0.717) is 34.0 Å². The van der Waals surface area contributed by atoms with Gasteiger partial charge in [-0.25, -0.2) is 4.98 Å². The number of nitriles is 1. The van der Waals surface area contributed by atoms with E-state index >= 15 is 0 Å². The average Bonchev–Trinajstić information content (AvgIpc) is 2.69.